The van der Waals surface area contributed by atoms with Gasteiger partial charge in [-0.05, 0) is 167 Å². The van der Waals surface area contributed by atoms with E-state index in [2.05, 4.69) is 388 Å². The van der Waals surface area contributed by atoms with Crippen LogP contribution in [0.4, 0.5) is 68.2 Å². The molecule has 2 heterocycles. The molecular formula is C94H66N8. The predicted octanol–water partition coefficient (Wildman–Crippen LogP) is 24.5. The number of benzene rings is 15. The van der Waals surface area contributed by atoms with Crippen LogP contribution in [0.1, 0.15) is 22.3 Å². The molecule has 0 saturated heterocycles. The minimum absolute atomic E-state index is 0.494. The number of hydrogen-bond acceptors (Lipinski definition) is 7. The summed E-state index contributed by atoms with van der Waals surface area (Å²) in [5.74, 6) is 1.62. The highest BCUT2D eigenvalue weighted by atomic mass is 15.2. The standard InChI is InChI=1S/C94H66N8/c1-11-35-67(36-12-1)91-95-92(68-37-13-2-14-38-68)97-93(96-91)102-88-58-34-32-56-84(88)86-60-59-85-83-55-31-33-57-87(83)94(89(85)90(86)102,69-61-79(98(71-39-15-3-16-40-71)72-41-17-4-18-42-72)65-80(62-69)99(73-43-19-5-20-44-73)74-45-21-6-22-46-74)70-63-81(100(75-47-23-7-24-48-75)76-49-25-8-26-50-76)66-82(64-70)101(77-51-27-9-28-52-77)78-53-29-10-30-54-78/h1-66H. The summed E-state index contributed by atoms with van der Waals surface area (Å²) >= 11 is 0. The van der Waals surface area contributed by atoms with Gasteiger partial charge in [0.25, 0.3) is 0 Å². The summed E-state index contributed by atoms with van der Waals surface area (Å²) in [5.41, 5.74) is 20.7. The highest BCUT2D eigenvalue weighted by molar-refractivity contribution is 6.14. The first-order chi connectivity index (χ1) is 50.6. The highest BCUT2D eigenvalue weighted by Crippen LogP contribution is 2.62. The number of para-hydroxylation sites is 9. The lowest BCUT2D eigenvalue weighted by atomic mass is 9.66. The van der Waals surface area contributed by atoms with Gasteiger partial charge in [0, 0.05) is 95.7 Å². The number of fused-ring (bicyclic) bond motifs is 7. The Kier molecular flexibility index (Phi) is 15.6. The maximum Gasteiger partial charge on any atom is 0.238 e. The van der Waals surface area contributed by atoms with Crippen molar-refractivity contribution in [3.05, 3.63) is 423 Å². The van der Waals surface area contributed by atoms with Crippen molar-refractivity contribution in [3.8, 4) is 39.9 Å². The Morgan fingerprint density at radius 3 is 0.892 bits per heavy atom. The highest BCUT2D eigenvalue weighted by Gasteiger charge is 2.50. The van der Waals surface area contributed by atoms with Gasteiger partial charge in [-0.2, -0.15) is 9.97 Å². The first kappa shape index (κ1) is 60.7. The molecule has 0 fully saturated rings. The predicted molar refractivity (Wildman–Crippen MR) is 421 cm³/mol. The Morgan fingerprint density at radius 2 is 0.539 bits per heavy atom. The molecule has 0 saturated carbocycles. The Bertz CT molecular complexity index is 5180. The van der Waals surface area contributed by atoms with Gasteiger partial charge in [-0.3, -0.25) is 4.57 Å². The van der Waals surface area contributed by atoms with Crippen molar-refractivity contribution in [2.45, 2.75) is 5.41 Å². The molecule has 0 aliphatic heterocycles. The molecule has 0 unspecified atom stereocenters. The summed E-state index contributed by atoms with van der Waals surface area (Å²) in [4.78, 5) is 26.3. The van der Waals surface area contributed by atoms with E-state index in [-0.39, 0.29) is 0 Å². The van der Waals surface area contributed by atoms with E-state index < -0.39 is 5.41 Å². The Labute approximate surface area is 593 Å². The number of nitrogens with zero attached hydrogens (tertiary/aromatic N) is 8. The summed E-state index contributed by atoms with van der Waals surface area (Å²) in [6.45, 7) is 0. The van der Waals surface area contributed by atoms with Gasteiger partial charge in [0.1, 0.15) is 0 Å². The fourth-order valence-electron chi connectivity index (χ4n) is 15.3. The van der Waals surface area contributed by atoms with E-state index in [0.717, 1.165) is 135 Å². The van der Waals surface area contributed by atoms with Crippen LogP contribution >= 0.6 is 0 Å². The second-order valence-electron chi connectivity index (χ2n) is 25.5. The first-order valence-corrected chi connectivity index (χ1v) is 34.6. The fourth-order valence-corrected chi connectivity index (χ4v) is 15.3. The normalized spacial score (nSPS) is 12.0. The molecule has 0 radical (unpaired) electrons. The van der Waals surface area contributed by atoms with E-state index in [1.54, 1.807) is 0 Å². The zero-order valence-corrected chi connectivity index (χ0v) is 55.7. The van der Waals surface area contributed by atoms with Crippen LogP contribution in [0.15, 0.2) is 400 Å². The maximum absolute atomic E-state index is 5.67. The van der Waals surface area contributed by atoms with E-state index >= 15 is 0 Å². The average Bonchev–Trinajstić information content (AvgIpc) is 1.50. The minimum atomic E-state index is -1.24. The molecule has 1 aliphatic rings. The van der Waals surface area contributed by atoms with E-state index in [1.165, 1.54) is 0 Å². The molecule has 102 heavy (non-hydrogen) atoms. The molecule has 15 aromatic carbocycles. The summed E-state index contributed by atoms with van der Waals surface area (Å²) in [7, 11) is 0. The van der Waals surface area contributed by atoms with Gasteiger partial charge in [0.2, 0.25) is 5.95 Å². The molecule has 8 heteroatoms. The second kappa shape index (κ2) is 26.3. The van der Waals surface area contributed by atoms with Gasteiger partial charge in [0.05, 0.1) is 16.4 Å². The maximum atomic E-state index is 5.67. The van der Waals surface area contributed by atoms with Crippen molar-refractivity contribution in [3.63, 3.8) is 0 Å². The molecule has 0 atom stereocenters. The molecule has 18 rings (SSSR count). The number of anilines is 12. The Hall–Kier alpha value is -13.7. The zero-order chi connectivity index (χ0) is 67.8. The Balaban J connectivity index is 1.07. The van der Waals surface area contributed by atoms with Gasteiger partial charge in [-0.1, -0.05) is 261 Å². The van der Waals surface area contributed by atoms with Crippen LogP contribution in [-0.4, -0.2) is 19.5 Å². The van der Waals surface area contributed by atoms with Gasteiger partial charge < -0.3 is 19.6 Å². The second-order valence-corrected chi connectivity index (χ2v) is 25.5. The molecule has 1 aliphatic carbocycles. The number of hydrogen-bond donors (Lipinski definition) is 0. The van der Waals surface area contributed by atoms with E-state index in [4.69, 9.17) is 15.0 Å². The molecule has 0 amide bonds. The molecule has 0 bridgehead atoms. The quantitative estimate of drug-likeness (QED) is 0.0900. The van der Waals surface area contributed by atoms with Crippen molar-refractivity contribution in [1.82, 2.24) is 19.5 Å². The van der Waals surface area contributed by atoms with Gasteiger partial charge in [-0.25, -0.2) is 4.98 Å². The van der Waals surface area contributed by atoms with Crippen LogP contribution in [0.5, 0.6) is 0 Å². The summed E-state index contributed by atoms with van der Waals surface area (Å²) in [6.07, 6.45) is 0. The minimum Gasteiger partial charge on any atom is -0.310 e. The lowest BCUT2D eigenvalue weighted by molar-refractivity contribution is 0.770. The average molecular weight is 1310 g/mol. The largest absolute Gasteiger partial charge is 0.310 e. The topological polar surface area (TPSA) is 56.6 Å². The third-order valence-electron chi connectivity index (χ3n) is 19.5. The van der Waals surface area contributed by atoms with Crippen molar-refractivity contribution >= 4 is 90.1 Å². The number of rotatable bonds is 17. The van der Waals surface area contributed by atoms with Gasteiger partial charge in [-0.15, -0.1) is 0 Å². The van der Waals surface area contributed by atoms with E-state index in [9.17, 15) is 0 Å². The van der Waals surface area contributed by atoms with Crippen LogP contribution in [0.25, 0.3) is 61.7 Å². The molecule has 2 aromatic heterocycles. The number of aromatic nitrogens is 4. The SMILES string of the molecule is c1ccc(-c2nc(-c3ccccc3)nc(-n3c4ccccc4c4ccc5c(c43)C(c3cc(N(c4ccccc4)c4ccccc4)cc(N(c4ccccc4)c4ccccc4)c3)(c3cc(N(c4ccccc4)c4ccccc4)cc(N(c4ccccc4)c4ccccc4)c3)c3ccccc3-5)n2)cc1. The van der Waals surface area contributed by atoms with Crippen molar-refractivity contribution < 1.29 is 0 Å². The van der Waals surface area contributed by atoms with Crippen molar-refractivity contribution in [2.24, 2.45) is 0 Å². The van der Waals surface area contributed by atoms with Gasteiger partial charge >= 0.3 is 0 Å². The third kappa shape index (κ3) is 10.8. The Morgan fingerprint density at radius 1 is 0.235 bits per heavy atom. The van der Waals surface area contributed by atoms with Crippen LogP contribution < -0.4 is 19.6 Å². The molecule has 8 nitrogen and oxygen atoms in total. The van der Waals surface area contributed by atoms with Crippen LogP contribution in [0, 0.1) is 0 Å². The molecule has 0 spiro atoms. The molecular weight excluding hydrogens is 1240 g/mol. The zero-order valence-electron chi connectivity index (χ0n) is 55.7. The first-order valence-electron chi connectivity index (χ1n) is 34.6. The molecule has 482 valence electrons. The summed E-state index contributed by atoms with van der Waals surface area (Å²) < 4.78 is 2.35. The summed E-state index contributed by atoms with van der Waals surface area (Å²) in [5, 5.41) is 2.11. The van der Waals surface area contributed by atoms with E-state index in [0.29, 0.717) is 17.6 Å². The molecule has 0 N–H and O–H groups in total. The summed E-state index contributed by atoms with van der Waals surface area (Å²) in [6, 6.07) is 144. The fraction of sp³-hybridized carbons (Fsp3) is 0.0106. The third-order valence-corrected chi connectivity index (χ3v) is 19.5. The van der Waals surface area contributed by atoms with Crippen LogP contribution in [0.3, 0.4) is 0 Å². The smallest absolute Gasteiger partial charge is 0.238 e. The molecule has 17 aromatic rings. The lowest BCUT2D eigenvalue weighted by Gasteiger charge is -2.39. The van der Waals surface area contributed by atoms with Crippen molar-refractivity contribution in [1.29, 1.82) is 0 Å². The lowest BCUT2D eigenvalue weighted by Crippen LogP contribution is -2.31. The monoisotopic (exact) mass is 1310 g/mol. The van der Waals surface area contributed by atoms with Crippen LogP contribution in [0.2, 0.25) is 0 Å². The van der Waals surface area contributed by atoms with Crippen LogP contribution in [-0.2, 0) is 5.41 Å². The van der Waals surface area contributed by atoms with Gasteiger partial charge in [0.15, 0.2) is 11.6 Å². The van der Waals surface area contributed by atoms with Crippen molar-refractivity contribution in [2.75, 3.05) is 19.6 Å². The van der Waals surface area contributed by atoms with E-state index in [1.807, 2.05) is 36.4 Å².